The molecule has 1 heterocycles. The van der Waals surface area contributed by atoms with Gasteiger partial charge in [-0.3, -0.25) is 0 Å². The van der Waals surface area contributed by atoms with E-state index in [-0.39, 0.29) is 5.92 Å². The Morgan fingerprint density at radius 3 is 2.67 bits per heavy atom. The SMILES string of the molecule is CCCC(CN)C(O)c1ccc2c(c1)OCCO2. The number of aliphatic hydroxyl groups is 1. The lowest BCUT2D eigenvalue weighted by molar-refractivity contribution is 0.105. The molecule has 3 N–H and O–H groups in total. The van der Waals surface area contributed by atoms with E-state index in [1.54, 1.807) is 0 Å². The van der Waals surface area contributed by atoms with Crippen molar-refractivity contribution in [3.05, 3.63) is 23.8 Å². The Hall–Kier alpha value is -1.26. The van der Waals surface area contributed by atoms with E-state index in [1.165, 1.54) is 0 Å². The number of ether oxygens (including phenoxy) is 2. The Balaban J connectivity index is 2.17. The van der Waals surface area contributed by atoms with Gasteiger partial charge in [0, 0.05) is 5.92 Å². The van der Waals surface area contributed by atoms with Crippen LogP contribution in [-0.4, -0.2) is 24.9 Å². The van der Waals surface area contributed by atoms with Gasteiger partial charge >= 0.3 is 0 Å². The summed E-state index contributed by atoms with van der Waals surface area (Å²) in [6, 6.07) is 5.60. The Bertz CT molecular complexity index is 395. The Morgan fingerprint density at radius 1 is 1.28 bits per heavy atom. The second kappa shape index (κ2) is 6.07. The largest absolute Gasteiger partial charge is 0.486 e. The Kier molecular flexibility index (Phi) is 4.44. The average molecular weight is 251 g/mol. The zero-order valence-electron chi connectivity index (χ0n) is 10.8. The molecule has 1 aliphatic rings. The molecule has 0 saturated carbocycles. The molecule has 0 aromatic heterocycles. The van der Waals surface area contributed by atoms with Crippen LogP contribution in [0.25, 0.3) is 0 Å². The summed E-state index contributed by atoms with van der Waals surface area (Å²) < 4.78 is 11.0. The molecule has 4 heteroatoms. The smallest absolute Gasteiger partial charge is 0.161 e. The summed E-state index contributed by atoms with van der Waals surface area (Å²) in [5.74, 6) is 1.56. The quantitative estimate of drug-likeness (QED) is 0.838. The Morgan fingerprint density at radius 2 is 2.00 bits per heavy atom. The molecule has 1 aliphatic heterocycles. The van der Waals surface area contributed by atoms with Crippen LogP contribution in [0.4, 0.5) is 0 Å². The standard InChI is InChI=1S/C14H21NO3/c1-2-3-11(9-15)14(16)10-4-5-12-13(8-10)18-7-6-17-12/h4-5,8,11,14,16H,2-3,6-7,9,15H2,1H3. The summed E-state index contributed by atoms with van der Waals surface area (Å²) in [6.45, 7) is 3.72. The lowest BCUT2D eigenvalue weighted by Gasteiger charge is -2.24. The van der Waals surface area contributed by atoms with Crippen LogP contribution in [0.1, 0.15) is 31.4 Å². The van der Waals surface area contributed by atoms with Crippen molar-refractivity contribution in [2.75, 3.05) is 19.8 Å². The van der Waals surface area contributed by atoms with Gasteiger partial charge in [-0.05, 0) is 30.7 Å². The number of hydrogen-bond acceptors (Lipinski definition) is 4. The minimum absolute atomic E-state index is 0.0950. The van der Waals surface area contributed by atoms with Gasteiger partial charge in [-0.2, -0.15) is 0 Å². The average Bonchev–Trinajstić information content (AvgIpc) is 2.43. The van der Waals surface area contributed by atoms with Crippen LogP contribution in [0.3, 0.4) is 0 Å². The van der Waals surface area contributed by atoms with Gasteiger partial charge in [-0.15, -0.1) is 0 Å². The molecule has 100 valence electrons. The van der Waals surface area contributed by atoms with E-state index in [2.05, 4.69) is 6.92 Å². The van der Waals surface area contributed by atoms with Crippen LogP contribution in [0.2, 0.25) is 0 Å². The number of hydrogen-bond donors (Lipinski definition) is 2. The van der Waals surface area contributed by atoms with Crippen molar-refractivity contribution < 1.29 is 14.6 Å². The summed E-state index contributed by atoms with van der Waals surface area (Å²) >= 11 is 0. The van der Waals surface area contributed by atoms with Gasteiger partial charge in [0.05, 0.1) is 6.10 Å². The van der Waals surface area contributed by atoms with Gasteiger partial charge in [0.1, 0.15) is 13.2 Å². The van der Waals surface area contributed by atoms with E-state index < -0.39 is 6.10 Å². The van der Waals surface area contributed by atoms with E-state index in [4.69, 9.17) is 15.2 Å². The fourth-order valence-electron chi connectivity index (χ4n) is 2.29. The van der Waals surface area contributed by atoms with Crippen molar-refractivity contribution in [3.63, 3.8) is 0 Å². The van der Waals surface area contributed by atoms with Gasteiger partial charge in [-0.25, -0.2) is 0 Å². The first-order valence-corrected chi connectivity index (χ1v) is 6.54. The summed E-state index contributed by atoms with van der Waals surface area (Å²) in [5, 5.41) is 10.3. The summed E-state index contributed by atoms with van der Waals surface area (Å²) in [4.78, 5) is 0. The molecule has 4 nitrogen and oxygen atoms in total. The van der Waals surface area contributed by atoms with Crippen LogP contribution < -0.4 is 15.2 Å². The first kappa shape index (κ1) is 13.2. The molecule has 2 unspecified atom stereocenters. The lowest BCUT2D eigenvalue weighted by atomic mass is 9.92. The fraction of sp³-hybridized carbons (Fsp3) is 0.571. The highest BCUT2D eigenvalue weighted by atomic mass is 16.6. The molecular weight excluding hydrogens is 230 g/mol. The predicted molar refractivity (Wildman–Crippen MR) is 69.8 cm³/mol. The van der Waals surface area contributed by atoms with Gasteiger partial charge in [-0.1, -0.05) is 19.4 Å². The van der Waals surface area contributed by atoms with E-state index in [9.17, 15) is 5.11 Å². The zero-order valence-corrected chi connectivity index (χ0v) is 10.8. The highest BCUT2D eigenvalue weighted by molar-refractivity contribution is 5.44. The zero-order chi connectivity index (χ0) is 13.0. The lowest BCUT2D eigenvalue weighted by Crippen LogP contribution is -2.22. The van der Waals surface area contributed by atoms with Crippen molar-refractivity contribution in [1.29, 1.82) is 0 Å². The summed E-state index contributed by atoms with van der Waals surface area (Å²) in [7, 11) is 0. The van der Waals surface area contributed by atoms with E-state index in [1.807, 2.05) is 18.2 Å². The number of rotatable bonds is 5. The molecule has 1 aromatic carbocycles. The first-order valence-electron chi connectivity index (χ1n) is 6.54. The molecule has 1 aromatic rings. The third-order valence-corrected chi connectivity index (χ3v) is 3.32. The van der Waals surface area contributed by atoms with E-state index in [0.29, 0.717) is 25.5 Å². The topological polar surface area (TPSA) is 64.7 Å². The van der Waals surface area contributed by atoms with Crippen molar-refractivity contribution in [1.82, 2.24) is 0 Å². The summed E-state index contributed by atoms with van der Waals surface area (Å²) in [5.41, 5.74) is 6.57. The maximum atomic E-state index is 10.3. The second-order valence-electron chi connectivity index (χ2n) is 4.63. The predicted octanol–water partition coefficient (Wildman–Crippen LogP) is 1.87. The highest BCUT2D eigenvalue weighted by Gasteiger charge is 2.21. The minimum Gasteiger partial charge on any atom is -0.486 e. The van der Waals surface area contributed by atoms with Gasteiger partial charge in [0.15, 0.2) is 11.5 Å². The van der Waals surface area contributed by atoms with Crippen LogP contribution in [0.15, 0.2) is 18.2 Å². The van der Waals surface area contributed by atoms with Gasteiger partial charge in [0.2, 0.25) is 0 Å². The molecule has 0 saturated heterocycles. The van der Waals surface area contributed by atoms with Crippen molar-refractivity contribution in [2.45, 2.75) is 25.9 Å². The monoisotopic (exact) mass is 251 g/mol. The van der Waals surface area contributed by atoms with Crippen LogP contribution in [-0.2, 0) is 0 Å². The molecule has 2 atom stereocenters. The number of nitrogens with two attached hydrogens (primary N) is 1. The Labute approximate surface area is 108 Å². The molecular formula is C14H21NO3. The summed E-state index contributed by atoms with van der Waals surface area (Å²) in [6.07, 6.45) is 1.40. The molecule has 2 rings (SSSR count). The molecule has 0 amide bonds. The van der Waals surface area contributed by atoms with Crippen LogP contribution >= 0.6 is 0 Å². The molecule has 0 spiro atoms. The third kappa shape index (κ3) is 2.76. The molecule has 0 bridgehead atoms. The van der Waals surface area contributed by atoms with Gasteiger partial charge < -0.3 is 20.3 Å². The fourth-order valence-corrected chi connectivity index (χ4v) is 2.29. The van der Waals surface area contributed by atoms with E-state index >= 15 is 0 Å². The molecule has 0 aliphatic carbocycles. The molecule has 0 fully saturated rings. The van der Waals surface area contributed by atoms with Crippen LogP contribution in [0.5, 0.6) is 11.5 Å². The number of fused-ring (bicyclic) bond motifs is 1. The normalized spacial score (nSPS) is 17.3. The van der Waals surface area contributed by atoms with E-state index in [0.717, 1.165) is 24.2 Å². The maximum absolute atomic E-state index is 10.3. The van der Waals surface area contributed by atoms with Gasteiger partial charge in [0.25, 0.3) is 0 Å². The second-order valence-corrected chi connectivity index (χ2v) is 4.63. The highest BCUT2D eigenvalue weighted by Crippen LogP contribution is 2.35. The van der Waals surface area contributed by atoms with Crippen molar-refractivity contribution in [2.24, 2.45) is 11.7 Å². The maximum Gasteiger partial charge on any atom is 0.161 e. The molecule has 18 heavy (non-hydrogen) atoms. The third-order valence-electron chi connectivity index (χ3n) is 3.32. The van der Waals surface area contributed by atoms with Crippen molar-refractivity contribution >= 4 is 0 Å². The minimum atomic E-state index is -0.536. The van der Waals surface area contributed by atoms with Crippen molar-refractivity contribution in [3.8, 4) is 11.5 Å². The first-order chi connectivity index (χ1) is 8.76. The molecule has 0 radical (unpaired) electrons. The number of benzene rings is 1. The van der Waals surface area contributed by atoms with Crippen LogP contribution in [0, 0.1) is 5.92 Å². The number of aliphatic hydroxyl groups excluding tert-OH is 1.